The molecule has 0 saturated carbocycles. The van der Waals surface area contributed by atoms with E-state index in [2.05, 4.69) is 0 Å². The standard InChI is InChI=1S/C17H17F3O/c1-12(2)15-8-3-4-9-16(15)21-11-13-6-5-7-14(10-13)17(18,19)20/h3-10,12H,11H2,1-2H3. The van der Waals surface area contributed by atoms with Gasteiger partial charge in [0.1, 0.15) is 12.4 Å². The van der Waals surface area contributed by atoms with Crippen LogP contribution in [-0.2, 0) is 12.8 Å². The fourth-order valence-electron chi connectivity index (χ4n) is 2.09. The molecule has 0 aliphatic rings. The first-order chi connectivity index (χ1) is 9.88. The van der Waals surface area contributed by atoms with Crippen LogP contribution in [0.15, 0.2) is 48.5 Å². The molecule has 2 aromatic rings. The molecule has 0 amide bonds. The Morgan fingerprint density at radius 1 is 1.00 bits per heavy atom. The van der Waals surface area contributed by atoms with E-state index in [4.69, 9.17) is 4.74 Å². The number of hydrogen-bond acceptors (Lipinski definition) is 1. The summed E-state index contributed by atoms with van der Waals surface area (Å²) in [4.78, 5) is 0. The van der Waals surface area contributed by atoms with E-state index in [1.807, 2.05) is 38.1 Å². The summed E-state index contributed by atoms with van der Waals surface area (Å²) in [6.45, 7) is 4.21. The van der Waals surface area contributed by atoms with E-state index >= 15 is 0 Å². The van der Waals surface area contributed by atoms with Crippen LogP contribution < -0.4 is 4.74 Å². The van der Waals surface area contributed by atoms with Crippen LogP contribution in [0.1, 0.15) is 36.5 Å². The minimum atomic E-state index is -4.33. The Morgan fingerprint density at radius 2 is 1.71 bits per heavy atom. The van der Waals surface area contributed by atoms with Crippen LogP contribution in [0.5, 0.6) is 5.75 Å². The highest BCUT2D eigenvalue weighted by molar-refractivity contribution is 5.36. The molecule has 0 bridgehead atoms. The van der Waals surface area contributed by atoms with Crippen LogP contribution in [0.3, 0.4) is 0 Å². The first-order valence-corrected chi connectivity index (χ1v) is 6.76. The summed E-state index contributed by atoms with van der Waals surface area (Å²) in [6.07, 6.45) is -4.33. The van der Waals surface area contributed by atoms with Gasteiger partial charge in [0.2, 0.25) is 0 Å². The smallest absolute Gasteiger partial charge is 0.416 e. The van der Waals surface area contributed by atoms with Crippen LogP contribution in [0.4, 0.5) is 13.2 Å². The zero-order chi connectivity index (χ0) is 15.5. The fraction of sp³-hybridized carbons (Fsp3) is 0.294. The van der Waals surface area contributed by atoms with Gasteiger partial charge in [0.15, 0.2) is 0 Å². The van der Waals surface area contributed by atoms with Crippen molar-refractivity contribution in [2.24, 2.45) is 0 Å². The average molecular weight is 294 g/mol. The van der Waals surface area contributed by atoms with Crippen molar-refractivity contribution < 1.29 is 17.9 Å². The van der Waals surface area contributed by atoms with Crippen LogP contribution in [0, 0.1) is 0 Å². The Hall–Kier alpha value is -1.97. The van der Waals surface area contributed by atoms with Crippen LogP contribution >= 0.6 is 0 Å². The van der Waals surface area contributed by atoms with Crippen molar-refractivity contribution >= 4 is 0 Å². The molecule has 0 atom stereocenters. The van der Waals surface area contributed by atoms with Gasteiger partial charge in [-0.3, -0.25) is 0 Å². The molecule has 0 aromatic heterocycles. The van der Waals surface area contributed by atoms with Crippen molar-refractivity contribution in [2.75, 3.05) is 0 Å². The number of alkyl halides is 3. The summed E-state index contributed by atoms with van der Waals surface area (Å²) in [5, 5.41) is 0. The lowest BCUT2D eigenvalue weighted by Crippen LogP contribution is -2.06. The Bertz CT molecular complexity index is 603. The second kappa shape index (κ2) is 6.20. The van der Waals surface area contributed by atoms with Gasteiger partial charge in [-0.2, -0.15) is 13.2 Å². The van der Waals surface area contributed by atoms with Gasteiger partial charge < -0.3 is 4.74 Å². The Kier molecular flexibility index (Phi) is 4.56. The van der Waals surface area contributed by atoms with Gasteiger partial charge in [0, 0.05) is 0 Å². The molecule has 2 rings (SSSR count). The minimum absolute atomic E-state index is 0.119. The van der Waals surface area contributed by atoms with E-state index < -0.39 is 11.7 Å². The molecule has 112 valence electrons. The average Bonchev–Trinajstić information content (AvgIpc) is 2.45. The van der Waals surface area contributed by atoms with Gasteiger partial charge in [0.25, 0.3) is 0 Å². The molecule has 0 aliphatic carbocycles. The maximum atomic E-state index is 12.7. The fourth-order valence-corrected chi connectivity index (χ4v) is 2.09. The first-order valence-electron chi connectivity index (χ1n) is 6.76. The normalized spacial score (nSPS) is 11.7. The maximum absolute atomic E-state index is 12.7. The molecule has 4 heteroatoms. The van der Waals surface area contributed by atoms with E-state index in [1.54, 1.807) is 6.07 Å². The molecular formula is C17H17F3O. The van der Waals surface area contributed by atoms with Crippen LogP contribution in [-0.4, -0.2) is 0 Å². The van der Waals surface area contributed by atoms with E-state index in [1.165, 1.54) is 6.07 Å². The van der Waals surface area contributed by atoms with Crippen molar-refractivity contribution in [3.8, 4) is 5.75 Å². The molecule has 0 radical (unpaired) electrons. The second-order valence-electron chi connectivity index (χ2n) is 5.18. The number of ether oxygens (including phenoxy) is 1. The van der Waals surface area contributed by atoms with Crippen molar-refractivity contribution in [2.45, 2.75) is 32.5 Å². The third-order valence-corrected chi connectivity index (χ3v) is 3.19. The van der Waals surface area contributed by atoms with Gasteiger partial charge in [-0.25, -0.2) is 0 Å². The number of para-hydroxylation sites is 1. The Labute approximate surface area is 122 Å². The summed E-state index contributed by atoms with van der Waals surface area (Å²) in [6, 6.07) is 12.8. The summed E-state index contributed by atoms with van der Waals surface area (Å²) < 4.78 is 43.7. The van der Waals surface area contributed by atoms with E-state index in [9.17, 15) is 13.2 Å². The van der Waals surface area contributed by atoms with Gasteiger partial charge >= 0.3 is 6.18 Å². The highest BCUT2D eigenvalue weighted by Crippen LogP contribution is 2.30. The quantitative estimate of drug-likeness (QED) is 0.732. The lowest BCUT2D eigenvalue weighted by atomic mass is 10.0. The second-order valence-corrected chi connectivity index (χ2v) is 5.18. The zero-order valence-corrected chi connectivity index (χ0v) is 11.9. The highest BCUT2D eigenvalue weighted by Gasteiger charge is 2.30. The third-order valence-electron chi connectivity index (χ3n) is 3.19. The monoisotopic (exact) mass is 294 g/mol. The van der Waals surface area contributed by atoms with Gasteiger partial charge in [-0.05, 0) is 35.2 Å². The predicted octanol–water partition coefficient (Wildman–Crippen LogP) is 5.41. The third kappa shape index (κ3) is 4.00. The van der Waals surface area contributed by atoms with Crippen molar-refractivity contribution in [3.05, 3.63) is 65.2 Å². The van der Waals surface area contributed by atoms with E-state index in [0.29, 0.717) is 17.2 Å². The molecule has 0 spiro atoms. The molecule has 0 fully saturated rings. The largest absolute Gasteiger partial charge is 0.489 e. The van der Waals surface area contributed by atoms with E-state index in [-0.39, 0.29) is 6.61 Å². The number of hydrogen-bond donors (Lipinski definition) is 0. The van der Waals surface area contributed by atoms with Crippen molar-refractivity contribution in [1.29, 1.82) is 0 Å². The summed E-state index contributed by atoms with van der Waals surface area (Å²) >= 11 is 0. The van der Waals surface area contributed by atoms with Crippen molar-refractivity contribution in [1.82, 2.24) is 0 Å². The maximum Gasteiger partial charge on any atom is 0.416 e. The number of rotatable bonds is 4. The molecule has 21 heavy (non-hydrogen) atoms. The Morgan fingerprint density at radius 3 is 2.38 bits per heavy atom. The Balaban J connectivity index is 2.14. The highest BCUT2D eigenvalue weighted by atomic mass is 19.4. The summed E-state index contributed by atoms with van der Waals surface area (Å²) in [5.41, 5.74) is 0.897. The predicted molar refractivity (Wildman–Crippen MR) is 76.3 cm³/mol. The molecule has 0 saturated heterocycles. The first kappa shape index (κ1) is 15.4. The SMILES string of the molecule is CC(C)c1ccccc1OCc1cccc(C(F)(F)F)c1. The summed E-state index contributed by atoms with van der Waals surface area (Å²) in [7, 11) is 0. The molecule has 2 aromatic carbocycles. The van der Waals surface area contributed by atoms with Crippen LogP contribution in [0.2, 0.25) is 0 Å². The number of benzene rings is 2. The lowest BCUT2D eigenvalue weighted by Gasteiger charge is -2.14. The summed E-state index contributed by atoms with van der Waals surface area (Å²) in [5.74, 6) is 1.01. The zero-order valence-electron chi connectivity index (χ0n) is 11.9. The molecule has 1 nitrogen and oxygen atoms in total. The molecule has 0 aliphatic heterocycles. The van der Waals surface area contributed by atoms with Gasteiger partial charge in [0.05, 0.1) is 5.56 Å². The van der Waals surface area contributed by atoms with Crippen LogP contribution in [0.25, 0.3) is 0 Å². The molecular weight excluding hydrogens is 277 g/mol. The number of halogens is 3. The molecule has 0 unspecified atom stereocenters. The lowest BCUT2D eigenvalue weighted by molar-refractivity contribution is -0.137. The van der Waals surface area contributed by atoms with Crippen molar-refractivity contribution in [3.63, 3.8) is 0 Å². The minimum Gasteiger partial charge on any atom is -0.489 e. The topological polar surface area (TPSA) is 9.23 Å². The van der Waals surface area contributed by atoms with Gasteiger partial charge in [-0.1, -0.05) is 44.2 Å². The van der Waals surface area contributed by atoms with E-state index in [0.717, 1.165) is 17.7 Å². The van der Waals surface area contributed by atoms with Gasteiger partial charge in [-0.15, -0.1) is 0 Å². The molecule has 0 heterocycles. The molecule has 0 N–H and O–H groups in total.